The Bertz CT molecular complexity index is 338. The fraction of sp³-hybridized carbons (Fsp3) is 0.333. The first-order chi connectivity index (χ1) is 5.24. The van der Waals surface area contributed by atoms with Crippen molar-refractivity contribution >= 4 is 0 Å². The van der Waals surface area contributed by atoms with E-state index in [-0.39, 0.29) is 6.61 Å². The summed E-state index contributed by atoms with van der Waals surface area (Å²) in [4.78, 5) is 25.8. The lowest BCUT2D eigenvalue weighted by Gasteiger charge is -1.94. The molecule has 1 heterocycles. The molecule has 0 saturated carbocycles. The Morgan fingerprint density at radius 2 is 2.27 bits per heavy atom. The minimum Gasteiger partial charge on any atom is -0.380 e. The van der Waals surface area contributed by atoms with E-state index in [0.29, 0.717) is 5.56 Å². The maximum atomic E-state index is 10.9. The zero-order valence-electron chi connectivity index (χ0n) is 6.01. The molecule has 1 aromatic rings. The van der Waals surface area contributed by atoms with Crippen LogP contribution in [0.15, 0.2) is 15.8 Å². The molecule has 0 aliphatic carbocycles. The van der Waals surface area contributed by atoms with Crippen molar-refractivity contribution in [3.63, 3.8) is 0 Å². The molecule has 0 unspecified atom stereocenters. The number of hydrogen-bond acceptors (Lipinski definition) is 3. The number of nitrogens with one attached hydrogen (secondary N) is 2. The van der Waals surface area contributed by atoms with Crippen molar-refractivity contribution in [2.45, 2.75) is 6.61 Å². The number of methoxy groups -OCH3 is 1. The van der Waals surface area contributed by atoms with Crippen LogP contribution in [0.25, 0.3) is 0 Å². The lowest BCUT2D eigenvalue weighted by molar-refractivity contribution is 0.183. The number of aromatic nitrogens is 2. The zero-order valence-corrected chi connectivity index (χ0v) is 6.01. The molecule has 0 aliphatic heterocycles. The maximum Gasteiger partial charge on any atom is 0.325 e. The molecule has 0 aliphatic rings. The van der Waals surface area contributed by atoms with E-state index in [2.05, 4.69) is 9.97 Å². The van der Waals surface area contributed by atoms with Crippen LogP contribution in [0.1, 0.15) is 5.56 Å². The van der Waals surface area contributed by atoms with Gasteiger partial charge in [0.05, 0.1) is 12.2 Å². The molecule has 1 rings (SSSR count). The molecule has 0 saturated heterocycles. The smallest absolute Gasteiger partial charge is 0.325 e. The van der Waals surface area contributed by atoms with E-state index in [1.165, 1.54) is 13.3 Å². The van der Waals surface area contributed by atoms with Crippen LogP contribution in [0.3, 0.4) is 0 Å². The SMILES string of the molecule is COCc1c[nH]c(=O)[nH]c1=O. The van der Waals surface area contributed by atoms with Gasteiger partial charge in [-0.2, -0.15) is 0 Å². The van der Waals surface area contributed by atoms with Gasteiger partial charge in [-0.1, -0.05) is 0 Å². The van der Waals surface area contributed by atoms with Crippen LogP contribution in [0, 0.1) is 0 Å². The molecule has 11 heavy (non-hydrogen) atoms. The predicted octanol–water partition coefficient (Wildman–Crippen LogP) is -0.790. The standard InChI is InChI=1S/C6H8N2O3/c1-11-3-4-2-7-6(10)8-5(4)9/h2H,3H2,1H3,(H2,7,8,9,10). The van der Waals surface area contributed by atoms with Crippen LogP contribution in [-0.4, -0.2) is 17.1 Å². The van der Waals surface area contributed by atoms with Crippen molar-refractivity contribution < 1.29 is 4.74 Å². The predicted molar refractivity (Wildman–Crippen MR) is 38.4 cm³/mol. The molecule has 1 aromatic heterocycles. The van der Waals surface area contributed by atoms with Crippen molar-refractivity contribution in [3.05, 3.63) is 32.6 Å². The molecule has 5 nitrogen and oxygen atoms in total. The number of aromatic amines is 2. The van der Waals surface area contributed by atoms with Gasteiger partial charge in [0.15, 0.2) is 0 Å². The van der Waals surface area contributed by atoms with E-state index >= 15 is 0 Å². The van der Waals surface area contributed by atoms with Crippen molar-refractivity contribution in [1.82, 2.24) is 9.97 Å². The molecule has 0 amide bonds. The van der Waals surface area contributed by atoms with E-state index in [1.54, 1.807) is 0 Å². The molecule has 0 bridgehead atoms. The summed E-state index contributed by atoms with van der Waals surface area (Å²) >= 11 is 0. The van der Waals surface area contributed by atoms with Crippen LogP contribution in [0.4, 0.5) is 0 Å². The average molecular weight is 156 g/mol. The van der Waals surface area contributed by atoms with Gasteiger partial charge in [0, 0.05) is 13.3 Å². The summed E-state index contributed by atoms with van der Waals surface area (Å²) in [6.45, 7) is 0.201. The van der Waals surface area contributed by atoms with E-state index < -0.39 is 11.2 Å². The van der Waals surface area contributed by atoms with Gasteiger partial charge >= 0.3 is 5.69 Å². The highest BCUT2D eigenvalue weighted by atomic mass is 16.5. The first kappa shape index (κ1) is 7.74. The molecule has 0 fully saturated rings. The fourth-order valence-corrected chi connectivity index (χ4v) is 0.700. The second kappa shape index (κ2) is 3.16. The van der Waals surface area contributed by atoms with Crippen molar-refractivity contribution in [2.24, 2.45) is 0 Å². The maximum absolute atomic E-state index is 10.9. The van der Waals surface area contributed by atoms with E-state index in [9.17, 15) is 9.59 Å². The molecule has 0 spiro atoms. The second-order valence-electron chi connectivity index (χ2n) is 2.03. The third-order valence-corrected chi connectivity index (χ3v) is 1.20. The Morgan fingerprint density at radius 3 is 2.82 bits per heavy atom. The Hall–Kier alpha value is -1.36. The molecule has 2 N–H and O–H groups in total. The quantitative estimate of drug-likeness (QED) is 0.589. The number of hydrogen-bond donors (Lipinski definition) is 2. The van der Waals surface area contributed by atoms with E-state index in [0.717, 1.165) is 0 Å². The van der Waals surface area contributed by atoms with Crippen molar-refractivity contribution in [2.75, 3.05) is 7.11 Å². The van der Waals surface area contributed by atoms with Crippen LogP contribution in [0.5, 0.6) is 0 Å². The van der Waals surface area contributed by atoms with Gasteiger partial charge in [0.25, 0.3) is 5.56 Å². The van der Waals surface area contributed by atoms with Crippen molar-refractivity contribution in [1.29, 1.82) is 0 Å². The fourth-order valence-electron chi connectivity index (χ4n) is 0.700. The average Bonchev–Trinajstić information content (AvgIpc) is 1.95. The first-order valence-electron chi connectivity index (χ1n) is 3.04. The Morgan fingerprint density at radius 1 is 1.55 bits per heavy atom. The highest BCUT2D eigenvalue weighted by Gasteiger charge is 1.97. The monoisotopic (exact) mass is 156 g/mol. The lowest BCUT2D eigenvalue weighted by atomic mass is 10.4. The third kappa shape index (κ3) is 1.78. The normalized spacial score (nSPS) is 9.91. The second-order valence-corrected chi connectivity index (χ2v) is 2.03. The molecule has 0 aromatic carbocycles. The highest BCUT2D eigenvalue weighted by molar-refractivity contribution is 5.00. The van der Waals surface area contributed by atoms with Crippen molar-refractivity contribution in [3.8, 4) is 0 Å². The van der Waals surface area contributed by atoms with E-state index in [1.807, 2.05) is 0 Å². The topological polar surface area (TPSA) is 75.0 Å². The van der Waals surface area contributed by atoms with Gasteiger partial charge in [-0.3, -0.25) is 9.78 Å². The van der Waals surface area contributed by atoms with Crippen LogP contribution < -0.4 is 11.2 Å². The third-order valence-electron chi connectivity index (χ3n) is 1.20. The largest absolute Gasteiger partial charge is 0.380 e. The van der Waals surface area contributed by atoms with Crippen LogP contribution in [0.2, 0.25) is 0 Å². The van der Waals surface area contributed by atoms with Crippen LogP contribution in [-0.2, 0) is 11.3 Å². The molecule has 0 radical (unpaired) electrons. The molecule has 5 heteroatoms. The zero-order chi connectivity index (χ0) is 8.27. The van der Waals surface area contributed by atoms with Crippen LogP contribution >= 0.6 is 0 Å². The summed E-state index contributed by atoms with van der Waals surface area (Å²) in [6.07, 6.45) is 1.34. The highest BCUT2D eigenvalue weighted by Crippen LogP contribution is 1.85. The van der Waals surface area contributed by atoms with Gasteiger partial charge < -0.3 is 9.72 Å². The summed E-state index contributed by atoms with van der Waals surface area (Å²) in [7, 11) is 1.48. The van der Waals surface area contributed by atoms with Gasteiger partial charge in [-0.05, 0) is 0 Å². The van der Waals surface area contributed by atoms with Gasteiger partial charge in [-0.15, -0.1) is 0 Å². The lowest BCUT2D eigenvalue weighted by Crippen LogP contribution is -2.24. The molecule has 0 atom stereocenters. The van der Waals surface area contributed by atoms with Gasteiger partial charge in [0.1, 0.15) is 0 Å². The Kier molecular flexibility index (Phi) is 2.22. The summed E-state index contributed by atoms with van der Waals surface area (Å²) in [5.74, 6) is 0. The molecular formula is C6H8N2O3. The molecular weight excluding hydrogens is 148 g/mol. The minimum atomic E-state index is -0.505. The summed E-state index contributed by atoms with van der Waals surface area (Å²) in [5.41, 5.74) is -0.502. The number of rotatable bonds is 2. The number of ether oxygens (including phenoxy) is 1. The summed E-state index contributed by atoms with van der Waals surface area (Å²) in [6, 6.07) is 0. The molecule has 60 valence electrons. The summed E-state index contributed by atoms with van der Waals surface area (Å²) < 4.78 is 4.71. The Labute approximate surface area is 62.0 Å². The summed E-state index contributed by atoms with van der Waals surface area (Å²) in [5, 5.41) is 0. The first-order valence-corrected chi connectivity index (χ1v) is 3.04. The van der Waals surface area contributed by atoms with Gasteiger partial charge in [-0.25, -0.2) is 4.79 Å². The van der Waals surface area contributed by atoms with E-state index in [4.69, 9.17) is 4.74 Å². The number of H-pyrrole nitrogens is 2. The Balaban J connectivity index is 3.10. The minimum absolute atomic E-state index is 0.201. The van der Waals surface area contributed by atoms with Gasteiger partial charge in [0.2, 0.25) is 0 Å².